The molecule has 4 rings (SSSR count). The van der Waals surface area contributed by atoms with Gasteiger partial charge in [-0.1, -0.05) is 69.3 Å². The minimum absolute atomic E-state index is 0.0767. The van der Waals surface area contributed by atoms with Crippen LogP contribution in [0.15, 0.2) is 60.7 Å². The van der Waals surface area contributed by atoms with Crippen LogP contribution in [0.5, 0.6) is 0 Å². The van der Waals surface area contributed by atoms with E-state index in [1.54, 1.807) is 12.1 Å². The summed E-state index contributed by atoms with van der Waals surface area (Å²) in [6, 6.07) is 20.4. The molecule has 0 aromatic heterocycles. The van der Waals surface area contributed by atoms with Crippen molar-refractivity contribution >= 4 is 0 Å². The molecule has 0 N–H and O–H groups in total. The fourth-order valence-electron chi connectivity index (χ4n) is 3.61. The molecule has 3 aromatic carbocycles. The Morgan fingerprint density at radius 2 is 1.50 bits per heavy atom. The van der Waals surface area contributed by atoms with E-state index in [2.05, 4.69) is 69.3 Å². The first-order chi connectivity index (χ1) is 11.4. The van der Waals surface area contributed by atoms with Crippen molar-refractivity contribution in [3.63, 3.8) is 0 Å². The number of hydrogen-bond acceptors (Lipinski definition) is 0. The van der Waals surface area contributed by atoms with E-state index in [4.69, 9.17) is 0 Å². The largest absolute Gasteiger partial charge is 0.207 e. The maximum absolute atomic E-state index is 14.3. The normalized spacial score (nSPS) is 12.8. The Morgan fingerprint density at radius 3 is 2.29 bits per heavy atom. The molecule has 0 unspecified atom stereocenters. The van der Waals surface area contributed by atoms with Crippen molar-refractivity contribution in [2.75, 3.05) is 0 Å². The first kappa shape index (κ1) is 15.1. The Morgan fingerprint density at radius 1 is 0.792 bits per heavy atom. The van der Waals surface area contributed by atoms with Gasteiger partial charge in [-0.05, 0) is 62.9 Å². The molecule has 0 atom stereocenters. The lowest BCUT2D eigenvalue weighted by Gasteiger charge is -2.21. The summed E-state index contributed by atoms with van der Waals surface area (Å²) >= 11 is 0. The minimum Gasteiger partial charge on any atom is -0.207 e. The lowest BCUT2D eigenvalue weighted by Crippen LogP contribution is -2.11. The third-order valence-electron chi connectivity index (χ3n) is 4.89. The number of fused-ring (bicyclic) bond motifs is 3. The second-order valence-electron chi connectivity index (χ2n) is 7.65. The second kappa shape index (κ2) is 5.31. The predicted molar refractivity (Wildman–Crippen MR) is 98.8 cm³/mol. The number of benzene rings is 3. The van der Waals surface area contributed by atoms with E-state index in [1.165, 1.54) is 22.3 Å². The molecule has 0 aliphatic heterocycles. The topological polar surface area (TPSA) is 0 Å². The van der Waals surface area contributed by atoms with Gasteiger partial charge in [0.25, 0.3) is 0 Å². The van der Waals surface area contributed by atoms with Crippen molar-refractivity contribution in [1.82, 2.24) is 0 Å². The zero-order chi connectivity index (χ0) is 16.9. The summed E-state index contributed by atoms with van der Waals surface area (Å²) in [7, 11) is 0. The Kier molecular flexibility index (Phi) is 3.35. The van der Waals surface area contributed by atoms with Crippen LogP contribution in [0.25, 0.3) is 22.3 Å². The van der Waals surface area contributed by atoms with Crippen molar-refractivity contribution in [3.05, 3.63) is 83.2 Å². The maximum Gasteiger partial charge on any atom is 0.124 e. The second-order valence-corrected chi connectivity index (χ2v) is 7.65. The third-order valence-corrected chi connectivity index (χ3v) is 4.89. The smallest absolute Gasteiger partial charge is 0.124 e. The molecule has 0 saturated carbocycles. The van der Waals surface area contributed by atoms with Crippen LogP contribution in [0.1, 0.15) is 37.5 Å². The van der Waals surface area contributed by atoms with Crippen LogP contribution in [0, 0.1) is 5.82 Å². The van der Waals surface area contributed by atoms with Crippen LogP contribution in [0.2, 0.25) is 0 Å². The van der Waals surface area contributed by atoms with Gasteiger partial charge in [0.15, 0.2) is 0 Å². The molecule has 24 heavy (non-hydrogen) atoms. The predicted octanol–water partition coefficient (Wildman–Crippen LogP) is 6.36. The summed E-state index contributed by atoms with van der Waals surface area (Å²) in [5.41, 5.74) is 8.27. The first-order valence-corrected chi connectivity index (χ1v) is 8.45. The fraction of sp³-hybridized carbons (Fsp3) is 0.217. The molecule has 3 aromatic rings. The van der Waals surface area contributed by atoms with Gasteiger partial charge in [0.2, 0.25) is 0 Å². The quantitative estimate of drug-likeness (QED) is 0.383. The molecule has 0 amide bonds. The highest BCUT2D eigenvalue weighted by molar-refractivity contribution is 5.90. The van der Waals surface area contributed by atoms with E-state index in [9.17, 15) is 4.39 Å². The number of hydrogen-bond donors (Lipinski definition) is 0. The van der Waals surface area contributed by atoms with Gasteiger partial charge in [-0.15, -0.1) is 0 Å². The summed E-state index contributed by atoms with van der Waals surface area (Å²) in [6.07, 6.45) is 0.959. The van der Waals surface area contributed by atoms with Gasteiger partial charge in [0, 0.05) is 0 Å². The summed E-state index contributed by atoms with van der Waals surface area (Å²) < 4.78 is 14.3. The van der Waals surface area contributed by atoms with Crippen molar-refractivity contribution in [1.29, 1.82) is 0 Å². The highest BCUT2D eigenvalue weighted by Gasteiger charge is 2.23. The van der Waals surface area contributed by atoms with Crippen LogP contribution in [0.3, 0.4) is 0 Å². The molecule has 0 heterocycles. The van der Waals surface area contributed by atoms with Crippen LogP contribution in [-0.2, 0) is 11.8 Å². The summed E-state index contributed by atoms with van der Waals surface area (Å²) in [5, 5.41) is 0. The molecular formula is C23H21F. The Labute approximate surface area is 143 Å². The van der Waals surface area contributed by atoms with Gasteiger partial charge < -0.3 is 0 Å². The van der Waals surface area contributed by atoms with E-state index >= 15 is 0 Å². The van der Waals surface area contributed by atoms with E-state index in [1.807, 2.05) is 0 Å². The van der Waals surface area contributed by atoms with Crippen molar-refractivity contribution in [3.8, 4) is 22.3 Å². The van der Waals surface area contributed by atoms with Crippen molar-refractivity contribution in [2.24, 2.45) is 0 Å². The molecule has 0 saturated heterocycles. The van der Waals surface area contributed by atoms with Crippen molar-refractivity contribution in [2.45, 2.75) is 32.6 Å². The lowest BCUT2D eigenvalue weighted by molar-refractivity contribution is 0.573. The van der Waals surface area contributed by atoms with Gasteiger partial charge in [-0.25, -0.2) is 4.39 Å². The molecule has 1 heteroatoms. The molecular weight excluding hydrogens is 295 g/mol. The monoisotopic (exact) mass is 316 g/mol. The highest BCUT2D eigenvalue weighted by Crippen LogP contribution is 2.43. The molecule has 120 valence electrons. The number of halogens is 1. The lowest BCUT2D eigenvalue weighted by atomic mass is 9.84. The average molecular weight is 316 g/mol. The minimum atomic E-state index is -0.165. The summed E-state index contributed by atoms with van der Waals surface area (Å²) in [5.74, 6) is -0.165. The van der Waals surface area contributed by atoms with Gasteiger partial charge in [-0.2, -0.15) is 0 Å². The first-order valence-electron chi connectivity index (χ1n) is 8.45. The van der Waals surface area contributed by atoms with E-state index in [0.29, 0.717) is 0 Å². The molecule has 0 spiro atoms. The van der Waals surface area contributed by atoms with Crippen LogP contribution >= 0.6 is 0 Å². The van der Waals surface area contributed by atoms with Crippen LogP contribution < -0.4 is 0 Å². The van der Waals surface area contributed by atoms with Gasteiger partial charge in [-0.3, -0.25) is 0 Å². The van der Waals surface area contributed by atoms with E-state index in [0.717, 1.165) is 23.1 Å². The third kappa shape index (κ3) is 2.45. The van der Waals surface area contributed by atoms with E-state index in [-0.39, 0.29) is 11.2 Å². The Bertz CT molecular complexity index is 929. The van der Waals surface area contributed by atoms with Crippen molar-refractivity contribution < 1.29 is 4.39 Å². The fourth-order valence-corrected chi connectivity index (χ4v) is 3.61. The zero-order valence-corrected chi connectivity index (χ0v) is 14.4. The summed E-state index contributed by atoms with van der Waals surface area (Å²) in [4.78, 5) is 0. The molecule has 0 nitrogen and oxygen atoms in total. The Hall–Kier alpha value is -2.41. The molecule has 0 fully saturated rings. The number of rotatable bonds is 1. The molecule has 0 bridgehead atoms. The zero-order valence-electron chi connectivity index (χ0n) is 14.4. The van der Waals surface area contributed by atoms with E-state index < -0.39 is 0 Å². The van der Waals surface area contributed by atoms with Gasteiger partial charge in [0.1, 0.15) is 5.82 Å². The molecule has 0 radical (unpaired) electrons. The highest BCUT2D eigenvalue weighted by atomic mass is 19.1. The maximum atomic E-state index is 14.3. The van der Waals surface area contributed by atoms with Gasteiger partial charge >= 0.3 is 0 Å². The molecule has 1 aliphatic rings. The SMILES string of the molecule is CC(C)(C)c1cc(F)cc(-c2cccc3c2-c2ccccc2C3)c1. The van der Waals surface area contributed by atoms with Crippen LogP contribution in [0.4, 0.5) is 4.39 Å². The summed E-state index contributed by atoms with van der Waals surface area (Å²) in [6.45, 7) is 6.36. The standard InChI is InChI=1S/C23H21F/c1-23(2,3)18-12-17(13-19(24)14-18)21-10-6-8-16-11-15-7-4-5-9-20(15)22(16)21/h4-10,12-14H,11H2,1-3H3. The average Bonchev–Trinajstić information content (AvgIpc) is 2.92. The van der Waals surface area contributed by atoms with Crippen LogP contribution in [-0.4, -0.2) is 0 Å². The Balaban J connectivity index is 1.95. The molecule has 1 aliphatic carbocycles. The van der Waals surface area contributed by atoms with Gasteiger partial charge in [0.05, 0.1) is 0 Å².